The summed E-state index contributed by atoms with van der Waals surface area (Å²) in [5.74, 6) is 2.68. The van der Waals surface area contributed by atoms with Crippen LogP contribution >= 0.6 is 0 Å². The fraction of sp³-hybridized carbons (Fsp3) is 0.514. The van der Waals surface area contributed by atoms with Crippen LogP contribution in [0.1, 0.15) is 73.6 Å². The van der Waals surface area contributed by atoms with Crippen LogP contribution in [0, 0.1) is 23.7 Å². The molecule has 4 rings (SSSR count). The zero-order valence-electron chi connectivity index (χ0n) is 26.7. The van der Waals surface area contributed by atoms with Gasteiger partial charge in [-0.25, -0.2) is 0 Å². The second kappa shape index (κ2) is 13.0. The Kier molecular flexibility index (Phi) is 10.1. The van der Waals surface area contributed by atoms with Gasteiger partial charge in [-0.1, -0.05) is 111 Å². The summed E-state index contributed by atoms with van der Waals surface area (Å²) in [5.41, 5.74) is 1.09. The molecule has 0 radical (unpaired) electrons. The average molecular weight is 587 g/mol. The van der Waals surface area contributed by atoms with Crippen LogP contribution in [-0.4, -0.2) is 45.1 Å². The second-order valence-electron chi connectivity index (χ2n) is 13.5. The molecule has 5 heteroatoms. The van der Waals surface area contributed by atoms with Crippen LogP contribution < -0.4 is 10.4 Å². The van der Waals surface area contributed by atoms with E-state index in [0.29, 0.717) is 6.61 Å². The largest absolute Gasteiger partial charge is 0.404 e. The van der Waals surface area contributed by atoms with Crippen LogP contribution in [0.25, 0.3) is 0 Å². The van der Waals surface area contributed by atoms with Crippen molar-refractivity contribution < 1.29 is 19.0 Å². The molecule has 0 spiro atoms. The minimum atomic E-state index is -2.60. The van der Waals surface area contributed by atoms with Crippen molar-refractivity contribution in [2.45, 2.75) is 96.7 Å². The van der Waals surface area contributed by atoms with Crippen molar-refractivity contribution in [3.63, 3.8) is 0 Å². The third-order valence-electron chi connectivity index (χ3n) is 9.61. The van der Waals surface area contributed by atoms with Gasteiger partial charge in [-0.2, -0.15) is 0 Å². The molecule has 226 valence electrons. The van der Waals surface area contributed by atoms with Gasteiger partial charge >= 0.3 is 0 Å². The van der Waals surface area contributed by atoms with Crippen molar-refractivity contribution in [1.29, 1.82) is 0 Å². The lowest BCUT2D eigenvalue weighted by molar-refractivity contribution is -0.254. The van der Waals surface area contributed by atoms with Crippen molar-refractivity contribution in [3.05, 3.63) is 84.0 Å². The summed E-state index contributed by atoms with van der Waals surface area (Å²) in [6.45, 7) is 13.8. The lowest BCUT2D eigenvalue weighted by atomic mass is 9.46. The van der Waals surface area contributed by atoms with E-state index in [0.717, 1.165) is 32.1 Å². The smallest absolute Gasteiger partial charge is 0.261 e. The zero-order chi connectivity index (χ0) is 30.6. The fourth-order valence-corrected chi connectivity index (χ4v) is 12.0. The summed E-state index contributed by atoms with van der Waals surface area (Å²) >= 11 is 0. The van der Waals surface area contributed by atoms with Crippen molar-refractivity contribution in [1.82, 2.24) is 0 Å². The van der Waals surface area contributed by atoms with Gasteiger partial charge < -0.3 is 19.0 Å². The Morgan fingerprint density at radius 2 is 1.64 bits per heavy atom. The highest BCUT2D eigenvalue weighted by Crippen LogP contribution is 2.65. The Hall–Kier alpha value is -2.46. The van der Waals surface area contributed by atoms with Gasteiger partial charge in [0.1, 0.15) is 6.10 Å². The van der Waals surface area contributed by atoms with Crippen molar-refractivity contribution in [3.8, 4) is 12.3 Å². The average Bonchev–Trinajstić information content (AvgIpc) is 3.31. The maximum absolute atomic E-state index is 11.6. The summed E-state index contributed by atoms with van der Waals surface area (Å²) in [6, 6.07) is 21.5. The summed E-state index contributed by atoms with van der Waals surface area (Å²) in [6.07, 6.45) is 14.0. The van der Waals surface area contributed by atoms with Gasteiger partial charge in [0.15, 0.2) is 11.9 Å². The topological polar surface area (TPSA) is 47.9 Å². The van der Waals surface area contributed by atoms with Crippen molar-refractivity contribution in [2.24, 2.45) is 11.3 Å². The lowest BCUT2D eigenvalue weighted by Crippen LogP contribution is -2.70. The van der Waals surface area contributed by atoms with Gasteiger partial charge in [0.25, 0.3) is 8.32 Å². The normalized spacial score (nSPS) is 27.6. The van der Waals surface area contributed by atoms with E-state index in [1.165, 1.54) is 21.5 Å². The molecule has 4 nitrogen and oxygen atoms in total. The molecule has 1 aliphatic carbocycles. The highest BCUT2D eigenvalue weighted by Gasteiger charge is 2.73. The Morgan fingerprint density at radius 3 is 2.14 bits per heavy atom. The van der Waals surface area contributed by atoms with E-state index >= 15 is 0 Å². The van der Waals surface area contributed by atoms with Gasteiger partial charge in [-0.05, 0) is 61.9 Å². The number of allylic oxidation sites excluding steroid dienone is 3. The van der Waals surface area contributed by atoms with Gasteiger partial charge in [0.2, 0.25) is 0 Å². The number of aliphatic hydroxyl groups is 1. The minimum absolute atomic E-state index is 0.0494. The zero-order valence-corrected chi connectivity index (χ0v) is 27.7. The lowest BCUT2D eigenvalue weighted by Gasteiger charge is -2.60. The summed E-state index contributed by atoms with van der Waals surface area (Å²) in [5, 5.41) is 14.1. The molecule has 5 atom stereocenters. The molecule has 2 unspecified atom stereocenters. The summed E-state index contributed by atoms with van der Waals surface area (Å²) in [4.78, 5) is 0. The number of hydrogen-bond acceptors (Lipinski definition) is 4. The number of ether oxygens (including phenoxy) is 2. The van der Waals surface area contributed by atoms with Crippen molar-refractivity contribution >= 4 is 18.7 Å². The van der Waals surface area contributed by atoms with E-state index in [-0.39, 0.29) is 22.7 Å². The van der Waals surface area contributed by atoms with E-state index in [2.05, 4.69) is 120 Å². The number of hydrogen-bond donors (Lipinski definition) is 1. The van der Waals surface area contributed by atoms with Gasteiger partial charge in [-0.15, -0.1) is 6.42 Å². The number of rotatable bonds is 12. The van der Waals surface area contributed by atoms with E-state index in [1.807, 2.05) is 0 Å². The van der Waals surface area contributed by atoms with Gasteiger partial charge in [0.05, 0.1) is 6.61 Å². The first-order valence-corrected chi connectivity index (χ1v) is 17.3. The molecule has 0 aromatic heterocycles. The summed E-state index contributed by atoms with van der Waals surface area (Å²) < 4.78 is 18.8. The number of terminal acetylenes is 1. The quantitative estimate of drug-likeness (QED) is 0.169. The molecule has 2 aromatic rings. The molecular weight excluding hydrogens is 536 g/mol. The fourth-order valence-electron chi connectivity index (χ4n) is 7.55. The maximum Gasteiger partial charge on any atom is 0.261 e. The monoisotopic (exact) mass is 586 g/mol. The van der Waals surface area contributed by atoms with Gasteiger partial charge in [0, 0.05) is 24.9 Å². The highest BCUT2D eigenvalue weighted by atomic mass is 28.4. The maximum atomic E-state index is 11.6. The van der Waals surface area contributed by atoms with Crippen LogP contribution in [-0.2, 0) is 13.9 Å². The van der Waals surface area contributed by atoms with Gasteiger partial charge in [-0.3, -0.25) is 0 Å². The van der Waals surface area contributed by atoms with E-state index in [1.54, 1.807) is 7.11 Å². The standard InChI is InChI=1S/C37H50O4Si/c1-9-37(38)32(36(25-16-17-28(2)3)27-33(39-8)41-34(36)37)23-22-29(4)24-26-40-42(35(5,6)7,30-18-12-10-13-19-30)31-20-14-11-15-21-31/h1,10-15,17-21,24,32-34,38H,16,22-23,25-27H2,2-8H3/b29-24+/t32-,33?,34+,36+,37?/m1/s1. The first-order valence-electron chi connectivity index (χ1n) is 15.4. The molecular formula is C37H50O4Si. The van der Waals surface area contributed by atoms with Crippen LogP contribution in [0.2, 0.25) is 5.04 Å². The molecule has 2 fully saturated rings. The molecule has 2 aliphatic rings. The van der Waals surface area contributed by atoms with Crippen LogP contribution in [0.4, 0.5) is 0 Å². The molecule has 1 saturated carbocycles. The molecule has 1 heterocycles. The first-order chi connectivity index (χ1) is 19.9. The van der Waals surface area contributed by atoms with Crippen LogP contribution in [0.5, 0.6) is 0 Å². The number of benzene rings is 2. The minimum Gasteiger partial charge on any atom is -0.404 e. The molecule has 2 aromatic carbocycles. The third-order valence-corrected chi connectivity index (χ3v) is 14.6. The number of methoxy groups -OCH3 is 1. The molecule has 1 saturated heterocycles. The first kappa shape index (κ1) is 32.5. The second-order valence-corrected chi connectivity index (χ2v) is 17.8. The van der Waals surface area contributed by atoms with E-state index in [4.69, 9.17) is 20.3 Å². The molecule has 0 amide bonds. The predicted octanol–water partition coefficient (Wildman–Crippen LogP) is 6.78. The van der Waals surface area contributed by atoms with Crippen LogP contribution in [0.15, 0.2) is 84.0 Å². The summed E-state index contributed by atoms with van der Waals surface area (Å²) in [7, 11) is -0.930. The third kappa shape index (κ3) is 5.98. The van der Waals surface area contributed by atoms with Crippen LogP contribution in [0.3, 0.4) is 0 Å². The highest BCUT2D eigenvalue weighted by molar-refractivity contribution is 6.99. The Labute approximate surface area is 255 Å². The van der Waals surface area contributed by atoms with E-state index < -0.39 is 20.0 Å². The SMILES string of the molecule is C#CC1(O)[C@H]2OC(OC)C[C@@]2(CCC=C(C)C)[C@H]1CC/C(C)=C/CO[Si](c1ccccc1)(c1ccccc1)C(C)(C)C. The van der Waals surface area contributed by atoms with Crippen molar-refractivity contribution in [2.75, 3.05) is 13.7 Å². The Bertz CT molecular complexity index is 1250. The molecule has 1 N–H and O–H groups in total. The Morgan fingerprint density at radius 1 is 1.05 bits per heavy atom. The number of fused-ring (bicyclic) bond motifs is 1. The Balaban J connectivity index is 1.54. The van der Waals surface area contributed by atoms with E-state index in [9.17, 15) is 5.11 Å². The molecule has 1 aliphatic heterocycles. The molecule has 42 heavy (non-hydrogen) atoms. The molecule has 0 bridgehead atoms. The predicted molar refractivity (Wildman–Crippen MR) is 175 cm³/mol.